The summed E-state index contributed by atoms with van der Waals surface area (Å²) in [4.78, 5) is 33.8. The van der Waals surface area contributed by atoms with E-state index in [9.17, 15) is 9.59 Å². The van der Waals surface area contributed by atoms with E-state index in [0.29, 0.717) is 30.0 Å². The fourth-order valence-corrected chi connectivity index (χ4v) is 6.07. The smallest absolute Gasteiger partial charge is 0.256 e. The summed E-state index contributed by atoms with van der Waals surface area (Å²) >= 11 is 0. The highest BCUT2D eigenvalue weighted by Gasteiger charge is 2.29. The Morgan fingerprint density at radius 2 is 1.75 bits per heavy atom. The van der Waals surface area contributed by atoms with Crippen LogP contribution in [0.25, 0.3) is 27.4 Å². The van der Waals surface area contributed by atoms with Crippen LogP contribution in [-0.2, 0) is 0 Å². The minimum absolute atomic E-state index is 0.0237. The van der Waals surface area contributed by atoms with Gasteiger partial charge in [-0.15, -0.1) is 0 Å². The zero-order chi connectivity index (χ0) is 30.8. The molecule has 0 saturated carbocycles. The molecule has 2 N–H and O–H groups in total. The molecule has 44 heavy (non-hydrogen) atoms. The third-order valence-corrected chi connectivity index (χ3v) is 8.61. The number of fused-ring (bicyclic) bond motifs is 3. The van der Waals surface area contributed by atoms with Crippen molar-refractivity contribution in [2.75, 3.05) is 78.8 Å². The molecular weight excluding hydrogens is 559 g/mol. The number of anilines is 1. The number of benzene rings is 3. The van der Waals surface area contributed by atoms with Crippen LogP contribution in [0.2, 0.25) is 0 Å². The molecule has 3 heterocycles. The molecule has 0 bridgehead atoms. The van der Waals surface area contributed by atoms with Gasteiger partial charge in [-0.2, -0.15) is 0 Å². The molecule has 1 saturated heterocycles. The lowest BCUT2D eigenvalue weighted by atomic mass is 10.0. The average molecular weight is 601 g/mol. The van der Waals surface area contributed by atoms with Crippen molar-refractivity contribution in [3.8, 4) is 17.2 Å². The first kappa shape index (κ1) is 30.1. The van der Waals surface area contributed by atoms with Gasteiger partial charge in [0.2, 0.25) is 5.43 Å². The average Bonchev–Trinajstić information content (AvgIpc) is 3.01. The summed E-state index contributed by atoms with van der Waals surface area (Å²) in [6, 6.07) is 13.1. The number of carbonyl (C=O) groups is 1. The fourth-order valence-electron chi connectivity index (χ4n) is 6.07. The van der Waals surface area contributed by atoms with Crippen molar-refractivity contribution in [1.82, 2.24) is 24.6 Å². The molecule has 2 aliphatic heterocycles. The van der Waals surface area contributed by atoms with Crippen LogP contribution in [0.5, 0.6) is 11.5 Å². The summed E-state index contributed by atoms with van der Waals surface area (Å²) in [6.07, 6.45) is 4.13. The molecule has 4 aromatic rings. The maximum atomic E-state index is 15.8. The number of carbonyl (C=O) groups excluding carboxylic acids is 1. The van der Waals surface area contributed by atoms with Crippen molar-refractivity contribution < 1.29 is 13.9 Å². The number of amides is 1. The van der Waals surface area contributed by atoms with E-state index in [0.717, 1.165) is 69.3 Å². The third-order valence-electron chi connectivity index (χ3n) is 8.61. The first-order valence-electron chi connectivity index (χ1n) is 15.5. The number of likely N-dealkylation sites (N-methyl/N-ethyl adjacent to an activating group) is 1. The summed E-state index contributed by atoms with van der Waals surface area (Å²) < 4.78 is 24.1. The van der Waals surface area contributed by atoms with Crippen LogP contribution in [0, 0.1) is 5.82 Å². The van der Waals surface area contributed by atoms with Gasteiger partial charge in [0.1, 0.15) is 16.8 Å². The molecular formula is C34H41FN6O3. The fraction of sp³-hybridized carbons (Fsp3) is 0.412. The number of halogens is 1. The zero-order valence-corrected chi connectivity index (χ0v) is 25.8. The zero-order valence-electron chi connectivity index (χ0n) is 25.8. The number of hydrogen-bond acceptors (Lipinski definition) is 7. The highest BCUT2D eigenvalue weighted by Crippen LogP contribution is 2.46. The monoisotopic (exact) mass is 600 g/mol. The number of nitrogens with zero attached hydrogens (tertiary/aromatic N) is 4. The number of rotatable bonds is 11. The van der Waals surface area contributed by atoms with Crippen molar-refractivity contribution in [3.63, 3.8) is 0 Å². The van der Waals surface area contributed by atoms with E-state index in [1.165, 1.54) is 6.07 Å². The Morgan fingerprint density at radius 1 is 1.00 bits per heavy atom. The molecule has 1 fully saturated rings. The maximum absolute atomic E-state index is 15.8. The van der Waals surface area contributed by atoms with E-state index >= 15 is 4.39 Å². The maximum Gasteiger partial charge on any atom is 0.256 e. The second-order valence-corrected chi connectivity index (χ2v) is 12.2. The largest absolute Gasteiger partial charge is 0.451 e. The summed E-state index contributed by atoms with van der Waals surface area (Å²) in [5.41, 5.74) is 0.819. The summed E-state index contributed by atoms with van der Waals surface area (Å²) in [5, 5.41) is 8.23. The van der Waals surface area contributed by atoms with Gasteiger partial charge >= 0.3 is 0 Å². The topological polar surface area (TPSA) is 82.1 Å². The molecule has 0 unspecified atom stereocenters. The van der Waals surface area contributed by atoms with Crippen molar-refractivity contribution in [2.24, 2.45) is 0 Å². The number of hydrogen-bond donors (Lipinski definition) is 2. The summed E-state index contributed by atoms with van der Waals surface area (Å²) in [7, 11) is 6.15. The lowest BCUT2D eigenvalue weighted by molar-refractivity contribution is 0.0951. The molecule has 2 aliphatic rings. The van der Waals surface area contributed by atoms with Crippen LogP contribution in [0.4, 0.5) is 10.1 Å². The van der Waals surface area contributed by atoms with Gasteiger partial charge in [-0.1, -0.05) is 24.3 Å². The number of aromatic nitrogens is 1. The second-order valence-electron chi connectivity index (χ2n) is 12.2. The minimum Gasteiger partial charge on any atom is -0.451 e. The lowest BCUT2D eigenvalue weighted by Crippen LogP contribution is -2.44. The molecule has 0 spiro atoms. The van der Waals surface area contributed by atoms with Gasteiger partial charge in [-0.05, 0) is 82.5 Å². The van der Waals surface area contributed by atoms with Gasteiger partial charge < -0.3 is 34.6 Å². The van der Waals surface area contributed by atoms with Gasteiger partial charge in [0.05, 0.1) is 11.1 Å². The van der Waals surface area contributed by atoms with Crippen molar-refractivity contribution in [3.05, 3.63) is 70.3 Å². The van der Waals surface area contributed by atoms with E-state index in [2.05, 4.69) is 32.4 Å². The Kier molecular flexibility index (Phi) is 8.83. The Balaban J connectivity index is 1.35. The first-order chi connectivity index (χ1) is 21.3. The van der Waals surface area contributed by atoms with E-state index in [-0.39, 0.29) is 22.4 Å². The highest BCUT2D eigenvalue weighted by molar-refractivity contribution is 6.02. The van der Waals surface area contributed by atoms with Crippen LogP contribution >= 0.6 is 0 Å². The number of piperazine rings is 1. The van der Waals surface area contributed by atoms with Gasteiger partial charge in [0.25, 0.3) is 5.91 Å². The number of nitrogens with one attached hydrogen (secondary N) is 2. The Labute approximate surface area is 257 Å². The van der Waals surface area contributed by atoms with E-state index in [4.69, 9.17) is 4.74 Å². The normalized spacial score (nSPS) is 15.0. The Bertz CT molecular complexity index is 1750. The van der Waals surface area contributed by atoms with Gasteiger partial charge in [-0.25, -0.2) is 4.39 Å². The van der Waals surface area contributed by atoms with E-state index in [1.54, 1.807) is 6.20 Å². The number of pyridine rings is 1. The highest BCUT2D eigenvalue weighted by atomic mass is 19.1. The van der Waals surface area contributed by atoms with Crippen molar-refractivity contribution >= 4 is 33.3 Å². The Morgan fingerprint density at radius 3 is 2.50 bits per heavy atom. The van der Waals surface area contributed by atoms with Crippen LogP contribution in [0.15, 0.2) is 53.5 Å². The van der Waals surface area contributed by atoms with E-state index < -0.39 is 17.2 Å². The van der Waals surface area contributed by atoms with Crippen molar-refractivity contribution in [1.29, 1.82) is 0 Å². The molecule has 3 aromatic carbocycles. The summed E-state index contributed by atoms with van der Waals surface area (Å²) in [6.45, 7) is 6.98. The van der Waals surface area contributed by atoms with Crippen LogP contribution in [0.1, 0.15) is 29.6 Å². The molecule has 0 aliphatic carbocycles. The predicted octanol–water partition coefficient (Wildman–Crippen LogP) is 4.51. The first-order valence-corrected chi connectivity index (χ1v) is 15.5. The quantitative estimate of drug-likeness (QED) is 0.216. The van der Waals surface area contributed by atoms with Gasteiger partial charge in [0.15, 0.2) is 17.3 Å². The summed E-state index contributed by atoms with van der Waals surface area (Å²) in [5.74, 6) is -0.258. The Hall–Kier alpha value is -3.99. The van der Waals surface area contributed by atoms with Gasteiger partial charge in [0, 0.05) is 45.5 Å². The van der Waals surface area contributed by atoms with Crippen LogP contribution in [-0.4, -0.2) is 98.7 Å². The number of unbranched alkanes of at least 4 members (excludes halogenated alkanes) is 1. The minimum atomic E-state index is -0.582. The molecule has 1 aromatic heterocycles. The molecule has 1 amide bonds. The predicted molar refractivity (Wildman–Crippen MR) is 174 cm³/mol. The molecule has 232 valence electrons. The lowest BCUT2D eigenvalue weighted by Gasteiger charge is -2.32. The number of ether oxygens (including phenoxy) is 1. The third kappa shape index (κ3) is 6.15. The molecule has 0 atom stereocenters. The molecule has 0 radical (unpaired) electrons. The van der Waals surface area contributed by atoms with Crippen LogP contribution in [0.3, 0.4) is 0 Å². The molecule has 6 rings (SSSR count). The molecule has 9 nitrogen and oxygen atoms in total. The van der Waals surface area contributed by atoms with E-state index in [1.807, 2.05) is 55.1 Å². The standard InChI is InChI=1S/C34H41FN6O3/c1-38(2)13-7-6-11-37-34(43)26-22-41-28-19-23-9-4-5-10-24(23)20-29(28)44-33-30(27(35)21-25(31(33)41)32(26)42)36-12-8-14-40-17-15-39(3)16-18-40/h4-5,9-10,19-22,36H,6-8,11-18H2,1-3H3,(H,37,43). The van der Waals surface area contributed by atoms with Gasteiger partial charge in [-0.3, -0.25) is 9.59 Å². The van der Waals surface area contributed by atoms with Crippen LogP contribution < -0.4 is 20.8 Å². The molecule has 10 heteroatoms. The SMILES string of the molecule is CN(C)CCCCNC(=O)c1cn2c3c(c(NCCCN4CCN(C)CC4)c(F)cc3c1=O)Oc1cc3ccccc3cc1-2. The second kappa shape index (κ2) is 12.9. The van der Waals surface area contributed by atoms with Crippen molar-refractivity contribution in [2.45, 2.75) is 19.3 Å².